The molecule has 20 heavy (non-hydrogen) atoms. The Labute approximate surface area is 122 Å². The molecule has 0 spiro atoms. The van der Waals surface area contributed by atoms with Crippen LogP contribution >= 0.6 is 0 Å². The van der Waals surface area contributed by atoms with Crippen LogP contribution in [0.5, 0.6) is 0 Å². The molecular weight excluding hydrogens is 244 g/mol. The summed E-state index contributed by atoms with van der Waals surface area (Å²) < 4.78 is 0. The summed E-state index contributed by atoms with van der Waals surface area (Å²) in [5.41, 5.74) is 4.94. The molecule has 0 amide bonds. The van der Waals surface area contributed by atoms with Crippen LogP contribution in [0, 0.1) is 5.92 Å². The summed E-state index contributed by atoms with van der Waals surface area (Å²) in [5.74, 6) is 0.700. The summed E-state index contributed by atoms with van der Waals surface area (Å²) in [6.45, 7) is 4.51. The molecular formula is C18H24N2. The minimum atomic E-state index is 0.700. The highest BCUT2D eigenvalue weighted by Gasteiger charge is 2.05. The molecule has 0 atom stereocenters. The molecule has 0 radical (unpaired) electrons. The zero-order chi connectivity index (χ0) is 14.5. The van der Waals surface area contributed by atoms with Crippen LogP contribution in [0.4, 0.5) is 17.1 Å². The molecule has 0 saturated carbocycles. The number of nitrogens with one attached hydrogen (secondary N) is 1. The topological polar surface area (TPSA) is 15.3 Å². The minimum Gasteiger partial charge on any atom is -0.388 e. The van der Waals surface area contributed by atoms with Gasteiger partial charge in [-0.3, -0.25) is 0 Å². The van der Waals surface area contributed by atoms with E-state index in [9.17, 15) is 0 Å². The molecule has 0 aliphatic carbocycles. The first-order chi connectivity index (χ1) is 9.60. The van der Waals surface area contributed by atoms with Gasteiger partial charge in [-0.1, -0.05) is 32.0 Å². The van der Waals surface area contributed by atoms with Crippen LogP contribution in [0.15, 0.2) is 48.5 Å². The second-order valence-electron chi connectivity index (χ2n) is 5.62. The lowest BCUT2D eigenvalue weighted by molar-refractivity contribution is 0.647. The fraction of sp³-hybridized carbons (Fsp3) is 0.333. The zero-order valence-corrected chi connectivity index (χ0v) is 12.9. The van der Waals surface area contributed by atoms with Gasteiger partial charge in [-0.2, -0.15) is 0 Å². The SMILES string of the molecule is CNc1cccc(N(C)c2ccc(CC(C)C)cc2)c1. The van der Waals surface area contributed by atoms with Gasteiger partial charge >= 0.3 is 0 Å². The molecule has 2 aromatic rings. The number of benzene rings is 2. The summed E-state index contributed by atoms with van der Waals surface area (Å²) in [7, 11) is 4.05. The van der Waals surface area contributed by atoms with Crippen molar-refractivity contribution in [3.05, 3.63) is 54.1 Å². The van der Waals surface area contributed by atoms with E-state index in [1.54, 1.807) is 0 Å². The average molecular weight is 268 g/mol. The molecule has 0 aliphatic rings. The Bertz CT molecular complexity index is 544. The Hall–Kier alpha value is -1.96. The maximum Gasteiger partial charge on any atom is 0.0428 e. The number of rotatable bonds is 5. The highest BCUT2D eigenvalue weighted by atomic mass is 15.1. The maximum atomic E-state index is 3.18. The third kappa shape index (κ3) is 3.53. The number of nitrogens with zero attached hydrogens (tertiary/aromatic N) is 1. The molecule has 0 unspecified atom stereocenters. The molecule has 0 heterocycles. The first kappa shape index (κ1) is 14.4. The van der Waals surface area contributed by atoms with Crippen molar-refractivity contribution in [2.75, 3.05) is 24.3 Å². The van der Waals surface area contributed by atoms with Gasteiger partial charge in [0.15, 0.2) is 0 Å². The second kappa shape index (κ2) is 6.47. The number of hydrogen-bond donors (Lipinski definition) is 1. The Balaban J connectivity index is 2.17. The Morgan fingerprint density at radius 2 is 1.70 bits per heavy atom. The lowest BCUT2D eigenvalue weighted by atomic mass is 10.0. The van der Waals surface area contributed by atoms with E-state index < -0.39 is 0 Å². The first-order valence-electron chi connectivity index (χ1n) is 7.20. The predicted molar refractivity (Wildman–Crippen MR) is 89.0 cm³/mol. The highest BCUT2D eigenvalue weighted by Crippen LogP contribution is 2.26. The lowest BCUT2D eigenvalue weighted by Gasteiger charge is -2.20. The van der Waals surface area contributed by atoms with Gasteiger partial charge in [0, 0.05) is 31.2 Å². The smallest absolute Gasteiger partial charge is 0.0428 e. The van der Waals surface area contributed by atoms with Gasteiger partial charge < -0.3 is 10.2 Å². The predicted octanol–water partition coefficient (Wildman–Crippen LogP) is 4.69. The molecule has 2 heteroatoms. The van der Waals surface area contributed by atoms with Crippen LogP contribution in [-0.2, 0) is 6.42 Å². The molecule has 2 rings (SSSR count). The van der Waals surface area contributed by atoms with Gasteiger partial charge in [-0.15, -0.1) is 0 Å². The first-order valence-corrected chi connectivity index (χ1v) is 7.20. The summed E-state index contributed by atoms with van der Waals surface area (Å²) >= 11 is 0. The van der Waals surface area contributed by atoms with E-state index in [0.717, 1.165) is 12.1 Å². The van der Waals surface area contributed by atoms with Crippen LogP contribution in [0.3, 0.4) is 0 Å². The Morgan fingerprint density at radius 3 is 2.30 bits per heavy atom. The van der Waals surface area contributed by atoms with Crippen LogP contribution in [0.25, 0.3) is 0 Å². The van der Waals surface area contributed by atoms with Crippen LogP contribution in [0.2, 0.25) is 0 Å². The standard InChI is InChI=1S/C18H24N2/c1-14(2)12-15-8-10-17(11-9-15)20(4)18-7-5-6-16(13-18)19-3/h5-11,13-14,19H,12H2,1-4H3. The zero-order valence-electron chi connectivity index (χ0n) is 12.9. The van der Waals surface area contributed by atoms with Crippen molar-refractivity contribution in [3.8, 4) is 0 Å². The molecule has 0 bridgehead atoms. The van der Waals surface area contributed by atoms with Gasteiger partial charge in [0.1, 0.15) is 0 Å². The van der Waals surface area contributed by atoms with Gasteiger partial charge in [0.2, 0.25) is 0 Å². The summed E-state index contributed by atoms with van der Waals surface area (Å²) in [4.78, 5) is 2.21. The molecule has 1 N–H and O–H groups in total. The second-order valence-corrected chi connectivity index (χ2v) is 5.62. The third-order valence-corrected chi connectivity index (χ3v) is 3.49. The molecule has 2 nitrogen and oxygen atoms in total. The molecule has 0 aliphatic heterocycles. The third-order valence-electron chi connectivity index (χ3n) is 3.49. The van der Waals surface area contributed by atoms with Crippen LogP contribution in [-0.4, -0.2) is 14.1 Å². The number of anilines is 3. The molecule has 2 aromatic carbocycles. The van der Waals surface area contributed by atoms with E-state index in [2.05, 4.69) is 79.6 Å². The van der Waals surface area contributed by atoms with Gasteiger partial charge in [0.25, 0.3) is 0 Å². The Morgan fingerprint density at radius 1 is 1.00 bits per heavy atom. The molecule has 0 saturated heterocycles. The molecule has 106 valence electrons. The average Bonchev–Trinajstić information content (AvgIpc) is 2.47. The normalized spacial score (nSPS) is 10.7. The van der Waals surface area contributed by atoms with Crippen molar-refractivity contribution in [3.63, 3.8) is 0 Å². The van der Waals surface area contributed by atoms with E-state index in [1.165, 1.54) is 16.9 Å². The van der Waals surface area contributed by atoms with Gasteiger partial charge in [-0.25, -0.2) is 0 Å². The highest BCUT2D eigenvalue weighted by molar-refractivity contribution is 5.66. The summed E-state index contributed by atoms with van der Waals surface area (Å²) in [5, 5.41) is 3.18. The van der Waals surface area contributed by atoms with Crippen molar-refractivity contribution >= 4 is 17.1 Å². The van der Waals surface area contributed by atoms with Crippen molar-refractivity contribution in [2.24, 2.45) is 5.92 Å². The van der Waals surface area contributed by atoms with Crippen molar-refractivity contribution in [1.29, 1.82) is 0 Å². The van der Waals surface area contributed by atoms with Crippen molar-refractivity contribution in [1.82, 2.24) is 0 Å². The Kier molecular flexibility index (Phi) is 4.67. The van der Waals surface area contributed by atoms with Gasteiger partial charge in [0.05, 0.1) is 0 Å². The van der Waals surface area contributed by atoms with Gasteiger partial charge in [-0.05, 0) is 48.2 Å². The van der Waals surface area contributed by atoms with E-state index in [-0.39, 0.29) is 0 Å². The largest absolute Gasteiger partial charge is 0.388 e. The van der Waals surface area contributed by atoms with Crippen molar-refractivity contribution in [2.45, 2.75) is 20.3 Å². The van der Waals surface area contributed by atoms with E-state index in [0.29, 0.717) is 5.92 Å². The molecule has 0 aromatic heterocycles. The fourth-order valence-electron chi connectivity index (χ4n) is 2.35. The lowest BCUT2D eigenvalue weighted by Crippen LogP contribution is -2.09. The number of hydrogen-bond acceptors (Lipinski definition) is 2. The fourth-order valence-corrected chi connectivity index (χ4v) is 2.35. The monoisotopic (exact) mass is 268 g/mol. The van der Waals surface area contributed by atoms with Crippen LogP contribution < -0.4 is 10.2 Å². The quantitative estimate of drug-likeness (QED) is 0.846. The molecule has 0 fully saturated rings. The summed E-state index contributed by atoms with van der Waals surface area (Å²) in [6, 6.07) is 17.3. The van der Waals surface area contributed by atoms with E-state index in [4.69, 9.17) is 0 Å². The van der Waals surface area contributed by atoms with E-state index in [1.807, 2.05) is 7.05 Å². The van der Waals surface area contributed by atoms with Crippen LogP contribution in [0.1, 0.15) is 19.4 Å². The minimum absolute atomic E-state index is 0.700. The summed E-state index contributed by atoms with van der Waals surface area (Å²) in [6.07, 6.45) is 1.14. The maximum absolute atomic E-state index is 3.18. The van der Waals surface area contributed by atoms with E-state index >= 15 is 0 Å². The van der Waals surface area contributed by atoms with Crippen molar-refractivity contribution < 1.29 is 0 Å².